The van der Waals surface area contributed by atoms with Gasteiger partial charge in [0, 0.05) is 36.3 Å². The quantitative estimate of drug-likeness (QED) is 0.517. The number of anilines is 2. The number of carbonyl (C=O) groups excluding carboxylic acids is 1. The maximum Gasteiger partial charge on any atom is 0.253 e. The summed E-state index contributed by atoms with van der Waals surface area (Å²) in [4.78, 5) is 23.4. The Kier molecular flexibility index (Phi) is 5.14. The number of methoxy groups -OCH3 is 1. The first-order valence-corrected chi connectivity index (χ1v) is 9.90. The summed E-state index contributed by atoms with van der Waals surface area (Å²) in [5.74, 6) is 1.52. The average Bonchev–Trinajstić information content (AvgIpc) is 3.19. The number of aromatic nitrogens is 2. The van der Waals surface area contributed by atoms with Gasteiger partial charge in [0.2, 0.25) is 0 Å². The zero-order valence-electron chi connectivity index (χ0n) is 16.3. The topological polar surface area (TPSA) is 67.4 Å². The third kappa shape index (κ3) is 3.77. The molecule has 4 rings (SSSR count). The Balaban J connectivity index is 1.69. The molecule has 4 aromatic rings. The maximum absolute atomic E-state index is 12.1. The van der Waals surface area contributed by atoms with Crippen LogP contribution in [-0.4, -0.2) is 42.0 Å². The van der Waals surface area contributed by atoms with Gasteiger partial charge in [-0.3, -0.25) is 4.79 Å². The Morgan fingerprint density at radius 2 is 1.76 bits per heavy atom. The number of hydrogen-bond acceptors (Lipinski definition) is 6. The first kappa shape index (κ1) is 18.9. The van der Waals surface area contributed by atoms with E-state index >= 15 is 0 Å². The lowest BCUT2D eigenvalue weighted by atomic mass is 10.1. The van der Waals surface area contributed by atoms with Crippen molar-refractivity contribution in [2.45, 2.75) is 0 Å². The zero-order valence-corrected chi connectivity index (χ0v) is 17.2. The monoisotopic (exact) mass is 404 g/mol. The molecule has 7 heteroatoms. The van der Waals surface area contributed by atoms with Gasteiger partial charge in [-0.05, 0) is 42.0 Å². The SMILES string of the molecule is COc1ccc(-c2csc3ncnc(Nc4ccc(C(=O)N(C)C)cc4)c23)cc1. The van der Waals surface area contributed by atoms with Gasteiger partial charge in [-0.1, -0.05) is 12.1 Å². The molecule has 1 N–H and O–H groups in total. The Morgan fingerprint density at radius 1 is 1.03 bits per heavy atom. The van der Waals surface area contributed by atoms with E-state index in [0.717, 1.165) is 38.6 Å². The fourth-order valence-electron chi connectivity index (χ4n) is 3.04. The highest BCUT2D eigenvalue weighted by Crippen LogP contribution is 2.37. The predicted octanol–water partition coefficient (Wildman–Crippen LogP) is 4.81. The van der Waals surface area contributed by atoms with E-state index in [-0.39, 0.29) is 5.91 Å². The molecule has 0 unspecified atom stereocenters. The Hall–Kier alpha value is -3.45. The van der Waals surface area contributed by atoms with Gasteiger partial charge in [-0.15, -0.1) is 11.3 Å². The number of thiophene rings is 1. The van der Waals surface area contributed by atoms with Crippen LogP contribution in [0.5, 0.6) is 5.75 Å². The van der Waals surface area contributed by atoms with Crippen LogP contribution in [0.3, 0.4) is 0 Å². The highest BCUT2D eigenvalue weighted by atomic mass is 32.1. The lowest BCUT2D eigenvalue weighted by Gasteiger charge is -2.12. The van der Waals surface area contributed by atoms with Crippen LogP contribution in [0.2, 0.25) is 0 Å². The third-order valence-corrected chi connectivity index (χ3v) is 5.46. The van der Waals surface area contributed by atoms with Crippen LogP contribution in [0.15, 0.2) is 60.2 Å². The Labute approximate surface area is 172 Å². The highest BCUT2D eigenvalue weighted by Gasteiger charge is 2.14. The normalized spacial score (nSPS) is 10.7. The summed E-state index contributed by atoms with van der Waals surface area (Å²) < 4.78 is 5.26. The van der Waals surface area contributed by atoms with Crippen LogP contribution in [-0.2, 0) is 0 Å². The lowest BCUT2D eigenvalue weighted by molar-refractivity contribution is 0.0827. The van der Waals surface area contributed by atoms with Crippen molar-refractivity contribution in [2.75, 3.05) is 26.5 Å². The summed E-state index contributed by atoms with van der Waals surface area (Å²) in [5, 5.41) is 6.42. The molecule has 2 heterocycles. The van der Waals surface area contributed by atoms with Gasteiger partial charge in [0.15, 0.2) is 0 Å². The number of carbonyl (C=O) groups is 1. The van der Waals surface area contributed by atoms with Crippen molar-refractivity contribution >= 4 is 39.0 Å². The van der Waals surface area contributed by atoms with Gasteiger partial charge in [-0.2, -0.15) is 0 Å². The van der Waals surface area contributed by atoms with Crippen LogP contribution in [0.25, 0.3) is 21.3 Å². The molecular weight excluding hydrogens is 384 g/mol. The molecule has 0 saturated heterocycles. The molecule has 1 amide bonds. The van der Waals surface area contributed by atoms with Crippen molar-refractivity contribution in [3.05, 3.63) is 65.8 Å². The van der Waals surface area contributed by atoms with Crippen LogP contribution >= 0.6 is 11.3 Å². The van der Waals surface area contributed by atoms with Crippen LogP contribution in [0.1, 0.15) is 10.4 Å². The summed E-state index contributed by atoms with van der Waals surface area (Å²) in [5.41, 5.74) is 3.63. The standard InChI is InChI=1S/C22H20N4O2S/c1-26(2)22(27)15-4-8-16(9-5-15)25-20-19-18(12-29-21(19)24-13-23-20)14-6-10-17(28-3)11-7-14/h4-13H,1-3H3,(H,23,24,25). The Morgan fingerprint density at radius 3 is 2.41 bits per heavy atom. The molecule has 29 heavy (non-hydrogen) atoms. The summed E-state index contributed by atoms with van der Waals surface area (Å²) in [6.07, 6.45) is 1.56. The molecule has 0 bridgehead atoms. The van der Waals surface area contributed by atoms with Gasteiger partial charge in [0.05, 0.1) is 12.5 Å². The van der Waals surface area contributed by atoms with Crippen molar-refractivity contribution in [1.82, 2.24) is 14.9 Å². The number of amides is 1. The number of fused-ring (bicyclic) bond motifs is 1. The molecule has 0 saturated carbocycles. The molecule has 0 atom stereocenters. The average molecular weight is 404 g/mol. The smallest absolute Gasteiger partial charge is 0.253 e. The molecule has 0 radical (unpaired) electrons. The van der Waals surface area contributed by atoms with E-state index in [0.29, 0.717) is 5.56 Å². The predicted molar refractivity (Wildman–Crippen MR) is 117 cm³/mol. The molecule has 0 fully saturated rings. The zero-order chi connectivity index (χ0) is 20.4. The minimum Gasteiger partial charge on any atom is -0.497 e. The molecule has 146 valence electrons. The maximum atomic E-state index is 12.1. The molecule has 2 aromatic carbocycles. The molecule has 2 aromatic heterocycles. The third-order valence-electron chi connectivity index (χ3n) is 4.57. The van der Waals surface area contributed by atoms with E-state index in [2.05, 4.69) is 20.7 Å². The van der Waals surface area contributed by atoms with E-state index in [1.807, 2.05) is 36.4 Å². The van der Waals surface area contributed by atoms with Crippen molar-refractivity contribution in [3.63, 3.8) is 0 Å². The van der Waals surface area contributed by atoms with Gasteiger partial charge in [-0.25, -0.2) is 9.97 Å². The second-order valence-corrected chi connectivity index (χ2v) is 7.54. The van der Waals surface area contributed by atoms with Crippen molar-refractivity contribution in [3.8, 4) is 16.9 Å². The molecule has 0 aliphatic carbocycles. The van der Waals surface area contributed by atoms with E-state index in [9.17, 15) is 4.79 Å². The number of rotatable bonds is 5. The second kappa shape index (κ2) is 7.89. The number of nitrogens with zero attached hydrogens (tertiary/aromatic N) is 3. The van der Waals surface area contributed by atoms with Crippen LogP contribution < -0.4 is 10.1 Å². The van der Waals surface area contributed by atoms with Crippen molar-refractivity contribution in [1.29, 1.82) is 0 Å². The van der Waals surface area contributed by atoms with Crippen LogP contribution in [0, 0.1) is 0 Å². The second-order valence-electron chi connectivity index (χ2n) is 6.68. The van der Waals surface area contributed by atoms with E-state index < -0.39 is 0 Å². The molecule has 0 aliphatic heterocycles. The van der Waals surface area contributed by atoms with Crippen molar-refractivity contribution in [2.24, 2.45) is 0 Å². The summed E-state index contributed by atoms with van der Waals surface area (Å²) in [6, 6.07) is 15.3. The largest absolute Gasteiger partial charge is 0.497 e. The summed E-state index contributed by atoms with van der Waals surface area (Å²) in [7, 11) is 5.13. The molecule has 0 aliphatic rings. The number of ether oxygens (including phenoxy) is 1. The van der Waals surface area contributed by atoms with Gasteiger partial charge >= 0.3 is 0 Å². The Bertz CT molecular complexity index is 1150. The lowest BCUT2D eigenvalue weighted by Crippen LogP contribution is -2.21. The van der Waals surface area contributed by atoms with Gasteiger partial charge in [0.1, 0.15) is 22.7 Å². The highest BCUT2D eigenvalue weighted by molar-refractivity contribution is 7.17. The fourth-order valence-corrected chi connectivity index (χ4v) is 3.96. The minimum absolute atomic E-state index is 0.0272. The molecule has 0 spiro atoms. The first-order valence-electron chi connectivity index (χ1n) is 9.02. The van der Waals surface area contributed by atoms with Gasteiger partial charge < -0.3 is 15.0 Å². The fraction of sp³-hybridized carbons (Fsp3) is 0.136. The minimum atomic E-state index is -0.0272. The van der Waals surface area contributed by atoms with Crippen LogP contribution in [0.4, 0.5) is 11.5 Å². The van der Waals surface area contributed by atoms with E-state index in [1.165, 1.54) is 0 Å². The summed E-state index contributed by atoms with van der Waals surface area (Å²) in [6.45, 7) is 0. The summed E-state index contributed by atoms with van der Waals surface area (Å²) >= 11 is 1.58. The number of benzene rings is 2. The van der Waals surface area contributed by atoms with E-state index in [4.69, 9.17) is 4.74 Å². The van der Waals surface area contributed by atoms with Crippen molar-refractivity contribution < 1.29 is 9.53 Å². The first-order chi connectivity index (χ1) is 14.1. The number of nitrogens with one attached hydrogen (secondary N) is 1. The number of hydrogen-bond donors (Lipinski definition) is 1. The molecular formula is C22H20N4O2S. The molecule has 6 nitrogen and oxygen atoms in total. The van der Waals surface area contributed by atoms with E-state index in [1.54, 1.807) is 55.9 Å². The van der Waals surface area contributed by atoms with Gasteiger partial charge in [0.25, 0.3) is 5.91 Å².